The molecule has 2 aromatic rings. The number of aromatic nitrogens is 1. The number of pyridine rings is 1. The first kappa shape index (κ1) is 10.5. The van der Waals surface area contributed by atoms with Gasteiger partial charge in [-0.25, -0.2) is 4.79 Å². The normalized spacial score (nSPS) is 10.6. The second kappa shape index (κ2) is 3.53. The van der Waals surface area contributed by atoms with Gasteiger partial charge >= 0.3 is 5.97 Å². The summed E-state index contributed by atoms with van der Waals surface area (Å²) < 4.78 is 0.523. The van der Waals surface area contributed by atoms with Crippen molar-refractivity contribution in [3.05, 3.63) is 40.3 Å². The summed E-state index contributed by atoms with van der Waals surface area (Å²) in [5.41, 5.74) is -0.418. The molecule has 0 radical (unpaired) electrons. The number of fused-ring (bicyclic) bond motifs is 1. The van der Waals surface area contributed by atoms with E-state index in [9.17, 15) is 10.0 Å². The van der Waals surface area contributed by atoms with E-state index < -0.39 is 11.5 Å². The Hall–Kier alpha value is -2.01. The van der Waals surface area contributed by atoms with Gasteiger partial charge in [0.2, 0.25) is 0 Å². The first-order valence-electron chi connectivity index (χ1n) is 4.33. The van der Waals surface area contributed by atoms with E-state index in [1.54, 1.807) is 6.07 Å². The smallest absolute Gasteiger partial charge is 0.339 e. The SMILES string of the molecule is N=c1c(C(=O)O)cc2cc(Cl)ccc2n1O. The van der Waals surface area contributed by atoms with Crippen molar-refractivity contribution in [3.63, 3.8) is 0 Å². The molecule has 0 saturated carbocycles. The van der Waals surface area contributed by atoms with Gasteiger partial charge in [-0.3, -0.25) is 5.41 Å². The summed E-state index contributed by atoms with van der Waals surface area (Å²) in [6.45, 7) is 0. The van der Waals surface area contributed by atoms with Crippen LogP contribution in [0.15, 0.2) is 24.3 Å². The average molecular weight is 239 g/mol. The maximum atomic E-state index is 10.8. The van der Waals surface area contributed by atoms with Crippen LogP contribution in [-0.4, -0.2) is 21.0 Å². The van der Waals surface area contributed by atoms with Crippen LogP contribution in [0.3, 0.4) is 0 Å². The van der Waals surface area contributed by atoms with Crippen LogP contribution in [0.25, 0.3) is 10.9 Å². The molecule has 0 amide bonds. The molecule has 0 fully saturated rings. The summed E-state index contributed by atoms with van der Waals surface area (Å²) in [6, 6.07) is 5.89. The summed E-state index contributed by atoms with van der Waals surface area (Å²) in [7, 11) is 0. The number of carboxylic acid groups (broad SMARTS) is 1. The molecule has 82 valence electrons. The number of benzene rings is 1. The maximum absolute atomic E-state index is 10.8. The van der Waals surface area contributed by atoms with Gasteiger partial charge in [-0.15, -0.1) is 0 Å². The predicted octanol–water partition coefficient (Wildman–Crippen LogP) is 1.71. The van der Waals surface area contributed by atoms with Gasteiger partial charge in [-0.1, -0.05) is 11.6 Å². The lowest BCUT2D eigenvalue weighted by atomic mass is 10.1. The molecule has 3 N–H and O–H groups in total. The van der Waals surface area contributed by atoms with Gasteiger partial charge in [0.1, 0.15) is 5.56 Å². The van der Waals surface area contributed by atoms with Gasteiger partial charge in [-0.05, 0) is 24.3 Å². The number of rotatable bonds is 1. The Kier molecular flexibility index (Phi) is 2.32. The molecule has 16 heavy (non-hydrogen) atoms. The van der Waals surface area contributed by atoms with E-state index in [1.807, 2.05) is 0 Å². The number of carboxylic acids is 1. The van der Waals surface area contributed by atoms with Gasteiger partial charge in [0.05, 0.1) is 5.52 Å². The standard InChI is InChI=1S/C10H7ClN2O3/c11-6-1-2-8-5(3-6)4-7(10(14)15)9(12)13(8)16/h1-4,12,16H,(H,14,15). The molecule has 0 atom stereocenters. The lowest BCUT2D eigenvalue weighted by Gasteiger charge is -2.06. The van der Waals surface area contributed by atoms with Crippen molar-refractivity contribution in [1.29, 1.82) is 5.41 Å². The molecule has 0 unspecified atom stereocenters. The Morgan fingerprint density at radius 3 is 2.69 bits per heavy atom. The molecule has 0 aliphatic carbocycles. The summed E-state index contributed by atoms with van der Waals surface area (Å²) in [6.07, 6.45) is 0. The quantitative estimate of drug-likeness (QED) is 0.661. The first-order valence-corrected chi connectivity index (χ1v) is 4.71. The molecule has 1 heterocycles. The average Bonchev–Trinajstić information content (AvgIpc) is 2.22. The lowest BCUT2D eigenvalue weighted by Crippen LogP contribution is -2.25. The second-order valence-electron chi connectivity index (χ2n) is 3.23. The zero-order chi connectivity index (χ0) is 11.9. The van der Waals surface area contributed by atoms with Crippen LogP contribution in [0.4, 0.5) is 0 Å². The van der Waals surface area contributed by atoms with E-state index in [4.69, 9.17) is 22.1 Å². The largest absolute Gasteiger partial charge is 0.478 e. The lowest BCUT2D eigenvalue weighted by molar-refractivity contribution is 0.0688. The zero-order valence-electron chi connectivity index (χ0n) is 7.94. The fourth-order valence-electron chi connectivity index (χ4n) is 1.46. The molecule has 0 aliphatic heterocycles. The van der Waals surface area contributed by atoms with E-state index in [2.05, 4.69) is 0 Å². The molecule has 0 aliphatic rings. The summed E-state index contributed by atoms with van der Waals surface area (Å²) in [4.78, 5) is 10.8. The summed E-state index contributed by atoms with van der Waals surface area (Å²) >= 11 is 5.76. The van der Waals surface area contributed by atoms with Gasteiger partial charge < -0.3 is 10.3 Å². The minimum Gasteiger partial charge on any atom is -0.478 e. The highest BCUT2D eigenvalue weighted by molar-refractivity contribution is 6.31. The highest BCUT2D eigenvalue weighted by Crippen LogP contribution is 2.18. The van der Waals surface area contributed by atoms with Crippen LogP contribution < -0.4 is 5.49 Å². The molecule has 0 spiro atoms. The molecular formula is C10H7ClN2O3. The van der Waals surface area contributed by atoms with E-state index in [1.165, 1.54) is 18.2 Å². The number of carbonyl (C=O) groups is 1. The van der Waals surface area contributed by atoms with Crippen LogP contribution in [0, 0.1) is 5.41 Å². The fraction of sp³-hybridized carbons (Fsp3) is 0. The minimum absolute atomic E-state index is 0.280. The van der Waals surface area contributed by atoms with Crippen molar-refractivity contribution in [1.82, 2.24) is 4.73 Å². The van der Waals surface area contributed by atoms with Gasteiger partial charge in [0.15, 0.2) is 5.49 Å². The third-order valence-electron chi connectivity index (χ3n) is 2.21. The van der Waals surface area contributed by atoms with Gasteiger partial charge in [0.25, 0.3) is 0 Å². The summed E-state index contributed by atoms with van der Waals surface area (Å²) in [5, 5.41) is 26.8. The fourth-order valence-corrected chi connectivity index (χ4v) is 1.64. The van der Waals surface area contributed by atoms with Crippen LogP contribution in [0.5, 0.6) is 0 Å². The van der Waals surface area contributed by atoms with Crippen molar-refractivity contribution >= 4 is 28.5 Å². The van der Waals surface area contributed by atoms with Crippen molar-refractivity contribution < 1.29 is 15.1 Å². The Labute approximate surface area is 94.6 Å². The molecule has 2 rings (SSSR count). The Morgan fingerprint density at radius 2 is 2.06 bits per heavy atom. The van der Waals surface area contributed by atoms with Crippen LogP contribution >= 0.6 is 11.6 Å². The molecular weight excluding hydrogens is 232 g/mol. The minimum atomic E-state index is -1.27. The van der Waals surface area contributed by atoms with Crippen LogP contribution in [-0.2, 0) is 0 Å². The molecule has 0 saturated heterocycles. The predicted molar refractivity (Wildman–Crippen MR) is 56.9 cm³/mol. The Bertz CT molecular complexity index is 648. The van der Waals surface area contributed by atoms with E-state index in [0.29, 0.717) is 20.7 Å². The first-order chi connectivity index (χ1) is 7.50. The van der Waals surface area contributed by atoms with Gasteiger partial charge in [0, 0.05) is 10.4 Å². The number of aromatic carboxylic acids is 1. The van der Waals surface area contributed by atoms with Gasteiger partial charge in [-0.2, -0.15) is 4.73 Å². The number of hydrogen-bond acceptors (Lipinski definition) is 3. The van der Waals surface area contributed by atoms with Crippen molar-refractivity contribution in [3.8, 4) is 0 Å². The van der Waals surface area contributed by atoms with E-state index >= 15 is 0 Å². The number of nitrogens with one attached hydrogen (secondary N) is 1. The molecule has 5 nitrogen and oxygen atoms in total. The van der Waals surface area contributed by atoms with Crippen LogP contribution in [0.1, 0.15) is 10.4 Å². The topological polar surface area (TPSA) is 86.3 Å². The van der Waals surface area contributed by atoms with Crippen molar-refractivity contribution in [2.45, 2.75) is 0 Å². The maximum Gasteiger partial charge on any atom is 0.339 e. The molecule has 0 bridgehead atoms. The van der Waals surface area contributed by atoms with Crippen LogP contribution in [0.2, 0.25) is 5.02 Å². The Balaban J connectivity index is 2.94. The third kappa shape index (κ3) is 1.51. The second-order valence-corrected chi connectivity index (χ2v) is 3.66. The summed E-state index contributed by atoms with van der Waals surface area (Å²) in [5.74, 6) is -1.27. The highest BCUT2D eigenvalue weighted by Gasteiger charge is 2.11. The number of hydrogen-bond donors (Lipinski definition) is 3. The van der Waals surface area contributed by atoms with Crippen molar-refractivity contribution in [2.75, 3.05) is 0 Å². The number of halogens is 1. The monoisotopic (exact) mass is 238 g/mol. The third-order valence-corrected chi connectivity index (χ3v) is 2.45. The Morgan fingerprint density at radius 1 is 1.38 bits per heavy atom. The molecule has 6 heteroatoms. The number of nitrogens with zero attached hydrogens (tertiary/aromatic N) is 1. The van der Waals surface area contributed by atoms with E-state index in [0.717, 1.165) is 0 Å². The van der Waals surface area contributed by atoms with Crippen molar-refractivity contribution in [2.24, 2.45) is 0 Å². The van der Waals surface area contributed by atoms with E-state index in [-0.39, 0.29) is 5.56 Å². The zero-order valence-corrected chi connectivity index (χ0v) is 8.69. The molecule has 1 aromatic heterocycles. The highest BCUT2D eigenvalue weighted by atomic mass is 35.5. The molecule has 1 aromatic carbocycles.